The molecule has 3 heterocycles. The normalized spacial score (nSPS) is 11.5. The quantitative estimate of drug-likeness (QED) is 0.291. The molecule has 0 aliphatic carbocycles. The van der Waals surface area contributed by atoms with Crippen LogP contribution in [-0.2, 0) is 13.0 Å². The van der Waals surface area contributed by atoms with Crippen molar-refractivity contribution in [2.75, 3.05) is 7.11 Å². The molecule has 0 fully saturated rings. The molecular formula is C30H29N5O5. The van der Waals surface area contributed by atoms with E-state index in [0.29, 0.717) is 34.3 Å². The van der Waals surface area contributed by atoms with Gasteiger partial charge >= 0.3 is 0 Å². The summed E-state index contributed by atoms with van der Waals surface area (Å²) in [6.07, 6.45) is 3.35. The first-order chi connectivity index (χ1) is 19.1. The fourth-order valence-electron chi connectivity index (χ4n) is 4.57. The van der Waals surface area contributed by atoms with Crippen LogP contribution in [-0.4, -0.2) is 43.1 Å². The van der Waals surface area contributed by atoms with Crippen LogP contribution < -0.4 is 20.8 Å². The first-order valence-corrected chi connectivity index (χ1v) is 12.6. The summed E-state index contributed by atoms with van der Waals surface area (Å²) in [5.74, 6) is 0.957. The number of ether oxygens (including phenoxy) is 2. The molecule has 1 amide bonds. The summed E-state index contributed by atoms with van der Waals surface area (Å²) in [4.78, 5) is 34.8. The van der Waals surface area contributed by atoms with Crippen LogP contribution in [0.5, 0.6) is 17.2 Å². The number of para-hydroxylation sites is 1. The minimum atomic E-state index is -1.19. The van der Waals surface area contributed by atoms with Crippen molar-refractivity contribution >= 4 is 16.8 Å². The van der Waals surface area contributed by atoms with E-state index in [1.165, 1.54) is 4.68 Å². The summed E-state index contributed by atoms with van der Waals surface area (Å²) in [6.45, 7) is 3.30. The lowest BCUT2D eigenvalue weighted by Crippen LogP contribution is -2.32. The molecule has 3 aromatic heterocycles. The van der Waals surface area contributed by atoms with E-state index in [2.05, 4.69) is 9.97 Å². The Kier molecular flexibility index (Phi) is 7.10. The minimum Gasteiger partial charge on any atom is -0.497 e. The Balaban J connectivity index is 1.50. The van der Waals surface area contributed by atoms with Gasteiger partial charge in [-0.05, 0) is 56.3 Å². The van der Waals surface area contributed by atoms with E-state index in [0.717, 1.165) is 10.9 Å². The maximum Gasteiger partial charge on any atom is 0.284 e. The van der Waals surface area contributed by atoms with Crippen molar-refractivity contribution in [1.29, 1.82) is 0 Å². The van der Waals surface area contributed by atoms with Crippen molar-refractivity contribution < 1.29 is 19.4 Å². The van der Waals surface area contributed by atoms with E-state index >= 15 is 0 Å². The number of pyridine rings is 2. The molecule has 10 heteroatoms. The average molecular weight is 540 g/mol. The molecule has 0 bridgehead atoms. The van der Waals surface area contributed by atoms with Crippen LogP contribution in [0.25, 0.3) is 16.6 Å². The largest absolute Gasteiger partial charge is 0.497 e. The fraction of sp³-hybridized carbons (Fsp3) is 0.200. The van der Waals surface area contributed by atoms with Crippen LogP contribution >= 0.6 is 0 Å². The average Bonchev–Trinajstić information content (AvgIpc) is 3.19. The number of primary amides is 1. The number of carbonyl (C=O) groups excluding carboxylic acids is 1. The number of aromatic nitrogens is 4. The second-order valence-electron chi connectivity index (χ2n) is 9.96. The van der Waals surface area contributed by atoms with Crippen LogP contribution in [0.2, 0.25) is 0 Å². The molecule has 0 unspecified atom stereocenters. The summed E-state index contributed by atoms with van der Waals surface area (Å²) in [5, 5.41) is 11.5. The number of aliphatic hydroxyl groups is 1. The maximum absolute atomic E-state index is 13.4. The van der Waals surface area contributed by atoms with Gasteiger partial charge in [0.15, 0.2) is 0 Å². The highest BCUT2D eigenvalue weighted by Gasteiger charge is 2.28. The number of hydrogen-bond donors (Lipinski definition) is 2. The summed E-state index contributed by atoms with van der Waals surface area (Å²) in [5.41, 5.74) is 6.01. The third-order valence-corrected chi connectivity index (χ3v) is 6.32. The smallest absolute Gasteiger partial charge is 0.284 e. The SMILES string of the molecule is COc1ccc2c(Oc3ccc(Cc4c(C(N)=O)c(=O)n(-c5ccccc5)n4CC(C)(C)O)nc3)ccnc2c1. The van der Waals surface area contributed by atoms with Gasteiger partial charge in [-0.1, -0.05) is 18.2 Å². The third kappa shape index (κ3) is 5.43. The number of rotatable bonds is 9. The van der Waals surface area contributed by atoms with Gasteiger partial charge in [-0.3, -0.25) is 24.2 Å². The Bertz CT molecular complexity index is 1740. The molecule has 204 valence electrons. The highest BCUT2D eigenvalue weighted by atomic mass is 16.5. The van der Waals surface area contributed by atoms with Gasteiger partial charge in [0.2, 0.25) is 0 Å². The number of nitrogens with two attached hydrogens (primary N) is 1. The van der Waals surface area contributed by atoms with Crippen LogP contribution in [0.3, 0.4) is 0 Å². The Morgan fingerprint density at radius 3 is 2.42 bits per heavy atom. The Morgan fingerprint density at radius 2 is 1.77 bits per heavy atom. The second kappa shape index (κ2) is 10.7. The van der Waals surface area contributed by atoms with E-state index in [1.54, 1.807) is 80.5 Å². The van der Waals surface area contributed by atoms with Gasteiger partial charge in [0.05, 0.1) is 42.4 Å². The lowest BCUT2D eigenvalue weighted by molar-refractivity contribution is 0.0544. The molecule has 0 atom stereocenters. The zero-order valence-electron chi connectivity index (χ0n) is 22.4. The molecule has 2 aromatic carbocycles. The molecule has 0 spiro atoms. The fourth-order valence-corrected chi connectivity index (χ4v) is 4.57. The molecule has 5 rings (SSSR count). The molecule has 40 heavy (non-hydrogen) atoms. The van der Waals surface area contributed by atoms with E-state index in [4.69, 9.17) is 15.2 Å². The van der Waals surface area contributed by atoms with Crippen LogP contribution in [0, 0.1) is 0 Å². The number of fused-ring (bicyclic) bond motifs is 1. The van der Waals surface area contributed by atoms with E-state index < -0.39 is 17.1 Å². The van der Waals surface area contributed by atoms with Crippen molar-refractivity contribution in [2.24, 2.45) is 5.73 Å². The maximum atomic E-state index is 13.4. The van der Waals surface area contributed by atoms with Gasteiger partial charge in [-0.15, -0.1) is 0 Å². The van der Waals surface area contributed by atoms with Gasteiger partial charge in [0.1, 0.15) is 22.8 Å². The lowest BCUT2D eigenvalue weighted by Gasteiger charge is -2.23. The van der Waals surface area contributed by atoms with Gasteiger partial charge in [0, 0.05) is 29.8 Å². The minimum absolute atomic E-state index is 0.0425. The number of nitrogens with zero attached hydrogens (tertiary/aromatic N) is 4. The zero-order valence-corrected chi connectivity index (χ0v) is 22.4. The van der Waals surface area contributed by atoms with Gasteiger partial charge in [-0.25, -0.2) is 4.68 Å². The number of amides is 1. The molecule has 0 aliphatic rings. The van der Waals surface area contributed by atoms with Crippen molar-refractivity contribution in [3.63, 3.8) is 0 Å². The summed E-state index contributed by atoms with van der Waals surface area (Å²) in [6, 6.07) is 19.7. The summed E-state index contributed by atoms with van der Waals surface area (Å²) >= 11 is 0. The summed E-state index contributed by atoms with van der Waals surface area (Å²) in [7, 11) is 1.60. The monoisotopic (exact) mass is 539 g/mol. The Labute approximate surface area is 230 Å². The molecule has 10 nitrogen and oxygen atoms in total. The number of carbonyl (C=O) groups is 1. The van der Waals surface area contributed by atoms with Crippen molar-refractivity contribution in [3.05, 3.63) is 106 Å². The molecule has 0 saturated heterocycles. The second-order valence-corrected chi connectivity index (χ2v) is 9.96. The molecule has 5 aromatic rings. The topological polar surface area (TPSA) is 134 Å². The molecule has 0 radical (unpaired) electrons. The lowest BCUT2D eigenvalue weighted by atomic mass is 10.1. The molecule has 3 N–H and O–H groups in total. The predicted molar refractivity (Wildman–Crippen MR) is 150 cm³/mol. The van der Waals surface area contributed by atoms with Crippen LogP contribution in [0.1, 0.15) is 35.6 Å². The Morgan fingerprint density at radius 1 is 1.02 bits per heavy atom. The van der Waals surface area contributed by atoms with Crippen molar-refractivity contribution in [3.8, 4) is 22.9 Å². The van der Waals surface area contributed by atoms with E-state index in [9.17, 15) is 14.7 Å². The highest BCUT2D eigenvalue weighted by molar-refractivity contribution is 5.94. The Hall–Kier alpha value is -4.96. The van der Waals surface area contributed by atoms with Gasteiger partial charge in [-0.2, -0.15) is 0 Å². The predicted octanol–water partition coefficient (Wildman–Crippen LogP) is 3.84. The first-order valence-electron chi connectivity index (χ1n) is 12.6. The number of hydrogen-bond acceptors (Lipinski definition) is 7. The van der Waals surface area contributed by atoms with Crippen molar-refractivity contribution in [1.82, 2.24) is 19.3 Å². The third-order valence-electron chi connectivity index (χ3n) is 6.32. The molecule has 0 saturated carbocycles. The van der Waals surface area contributed by atoms with Gasteiger partial charge < -0.3 is 20.3 Å². The van der Waals surface area contributed by atoms with E-state index in [-0.39, 0.29) is 18.5 Å². The first kappa shape index (κ1) is 26.6. The van der Waals surface area contributed by atoms with Crippen molar-refractivity contribution in [2.45, 2.75) is 32.4 Å². The summed E-state index contributed by atoms with van der Waals surface area (Å²) < 4.78 is 14.3. The van der Waals surface area contributed by atoms with Gasteiger partial charge in [0.25, 0.3) is 11.5 Å². The van der Waals surface area contributed by atoms with Crippen LogP contribution in [0.4, 0.5) is 0 Å². The molecular weight excluding hydrogens is 510 g/mol. The highest BCUT2D eigenvalue weighted by Crippen LogP contribution is 2.30. The van der Waals surface area contributed by atoms with E-state index in [1.807, 2.05) is 24.3 Å². The molecule has 0 aliphatic heterocycles. The standard InChI is InChI=1S/C30H29N5O5/c1-30(2,38)18-34-25(27(28(31)36)29(37)35(34)20-7-5-4-6-8-20)15-19-9-10-22(17-33-19)40-26-13-14-32-24-16-21(39-3)11-12-23(24)26/h4-14,16-17,38H,15,18H2,1-3H3,(H2,31,36). The van der Waals surface area contributed by atoms with Crippen LogP contribution in [0.15, 0.2) is 83.9 Å². The number of methoxy groups -OCH3 is 1. The number of benzene rings is 2. The zero-order chi connectivity index (χ0) is 28.4.